The molecule has 6 nitrogen and oxygen atoms in total. The third kappa shape index (κ3) is 4.28. The maximum absolute atomic E-state index is 13.5. The first kappa shape index (κ1) is 20.5. The molecule has 2 aromatic rings. The van der Waals surface area contributed by atoms with Gasteiger partial charge in [0.1, 0.15) is 12.3 Å². The summed E-state index contributed by atoms with van der Waals surface area (Å²) in [6.07, 6.45) is -5.45. The normalized spacial score (nSPS) is 16.1. The molecular weight excluding hydrogens is 387 g/mol. The molecule has 2 aromatic carbocycles. The van der Waals surface area contributed by atoms with Crippen molar-refractivity contribution in [1.82, 2.24) is 0 Å². The number of benzene rings is 2. The summed E-state index contributed by atoms with van der Waals surface area (Å²) in [6.45, 7) is 1.11. The summed E-state index contributed by atoms with van der Waals surface area (Å²) >= 11 is 0. The van der Waals surface area contributed by atoms with Crippen molar-refractivity contribution in [3.05, 3.63) is 48.0 Å². The minimum atomic E-state index is -4.65. The van der Waals surface area contributed by atoms with E-state index < -0.39 is 36.2 Å². The van der Waals surface area contributed by atoms with Crippen molar-refractivity contribution < 1.29 is 27.5 Å². The summed E-state index contributed by atoms with van der Waals surface area (Å²) in [5.41, 5.74) is -0.583. The lowest BCUT2D eigenvalue weighted by molar-refractivity contribution is -0.137. The van der Waals surface area contributed by atoms with Crippen molar-refractivity contribution in [1.29, 1.82) is 0 Å². The first-order chi connectivity index (χ1) is 13.6. The molecule has 1 unspecified atom stereocenters. The molecule has 0 saturated heterocycles. The number of para-hydroxylation sites is 2. The lowest BCUT2D eigenvalue weighted by Crippen LogP contribution is -2.47. The Bertz CT molecular complexity index is 944. The van der Waals surface area contributed by atoms with Crippen LogP contribution in [-0.2, 0) is 15.8 Å². The number of hydrogen-bond acceptors (Lipinski definition) is 4. The number of rotatable bonds is 4. The lowest BCUT2D eigenvalue weighted by Gasteiger charge is -2.32. The van der Waals surface area contributed by atoms with Crippen LogP contribution in [-0.4, -0.2) is 38.6 Å². The van der Waals surface area contributed by atoms with Crippen LogP contribution in [0.5, 0.6) is 5.75 Å². The van der Waals surface area contributed by atoms with Gasteiger partial charge in [0.15, 0.2) is 6.10 Å². The maximum atomic E-state index is 13.5. The lowest BCUT2D eigenvalue weighted by atomic mass is 10.1. The number of halogens is 3. The number of nitrogens with zero attached hydrogens (tertiary/aromatic N) is 2. The minimum Gasteiger partial charge on any atom is -0.479 e. The topological polar surface area (TPSA) is 61.9 Å². The molecule has 0 saturated carbocycles. The molecule has 3 rings (SSSR count). The largest absolute Gasteiger partial charge is 0.479 e. The van der Waals surface area contributed by atoms with Gasteiger partial charge in [-0.05, 0) is 37.3 Å². The molecule has 29 heavy (non-hydrogen) atoms. The molecule has 0 aromatic heterocycles. The Balaban J connectivity index is 1.85. The van der Waals surface area contributed by atoms with E-state index in [1.807, 2.05) is 0 Å². The van der Waals surface area contributed by atoms with Gasteiger partial charge in [-0.2, -0.15) is 13.2 Å². The van der Waals surface area contributed by atoms with Gasteiger partial charge >= 0.3 is 6.18 Å². The number of ether oxygens (including phenoxy) is 1. The number of amides is 2. The fourth-order valence-electron chi connectivity index (χ4n) is 3.01. The molecule has 1 aliphatic heterocycles. The molecule has 0 fully saturated rings. The number of hydrogen-bond donors (Lipinski definition) is 1. The van der Waals surface area contributed by atoms with Crippen molar-refractivity contribution in [2.45, 2.75) is 19.2 Å². The maximum Gasteiger partial charge on any atom is 0.418 e. The van der Waals surface area contributed by atoms with Gasteiger partial charge in [-0.3, -0.25) is 14.5 Å². The van der Waals surface area contributed by atoms with Crippen molar-refractivity contribution in [3.63, 3.8) is 0 Å². The summed E-state index contributed by atoms with van der Waals surface area (Å²) < 4.78 is 45.9. The summed E-state index contributed by atoms with van der Waals surface area (Å²) in [6, 6.07) is 10.3. The average molecular weight is 407 g/mol. The highest BCUT2D eigenvalue weighted by molar-refractivity contribution is 6.06. The molecule has 0 bridgehead atoms. The van der Waals surface area contributed by atoms with Crippen LogP contribution in [0.4, 0.5) is 30.2 Å². The second-order valence-electron chi connectivity index (χ2n) is 6.82. The fourth-order valence-corrected chi connectivity index (χ4v) is 3.01. The Labute approximate surface area is 165 Å². The van der Waals surface area contributed by atoms with Crippen molar-refractivity contribution in [2.24, 2.45) is 0 Å². The molecule has 1 N–H and O–H groups in total. The molecule has 154 valence electrons. The zero-order chi connectivity index (χ0) is 21.3. The van der Waals surface area contributed by atoms with Gasteiger partial charge < -0.3 is 15.0 Å². The SMILES string of the molecule is CC1Oc2ccccc2N(CC(=O)Nc2ccc(N(C)C)cc2C(F)(F)F)C1=O. The van der Waals surface area contributed by atoms with Crippen LogP contribution in [0.15, 0.2) is 42.5 Å². The quantitative estimate of drug-likeness (QED) is 0.843. The van der Waals surface area contributed by atoms with Crippen LogP contribution in [0, 0.1) is 0 Å². The minimum absolute atomic E-state index is 0.349. The highest BCUT2D eigenvalue weighted by Gasteiger charge is 2.36. The Morgan fingerprint density at radius 1 is 1.21 bits per heavy atom. The van der Waals surface area contributed by atoms with Gasteiger partial charge in [0.05, 0.1) is 16.9 Å². The fraction of sp³-hybridized carbons (Fsp3) is 0.300. The van der Waals surface area contributed by atoms with Gasteiger partial charge in [0, 0.05) is 19.8 Å². The van der Waals surface area contributed by atoms with E-state index in [2.05, 4.69) is 5.32 Å². The van der Waals surface area contributed by atoms with Crippen LogP contribution in [0.1, 0.15) is 12.5 Å². The van der Waals surface area contributed by atoms with Crippen LogP contribution >= 0.6 is 0 Å². The Morgan fingerprint density at radius 3 is 2.55 bits per heavy atom. The van der Waals surface area contributed by atoms with E-state index in [9.17, 15) is 22.8 Å². The zero-order valence-corrected chi connectivity index (χ0v) is 16.1. The van der Waals surface area contributed by atoms with Gasteiger partial charge in [0.2, 0.25) is 5.91 Å². The summed E-state index contributed by atoms with van der Waals surface area (Å²) in [4.78, 5) is 27.7. The van der Waals surface area contributed by atoms with Crippen LogP contribution in [0.2, 0.25) is 0 Å². The van der Waals surface area contributed by atoms with Gasteiger partial charge in [-0.15, -0.1) is 0 Å². The average Bonchev–Trinajstić information content (AvgIpc) is 2.64. The van der Waals surface area contributed by atoms with Crippen LogP contribution in [0.25, 0.3) is 0 Å². The van der Waals surface area contributed by atoms with Crippen LogP contribution < -0.4 is 19.9 Å². The number of carbonyl (C=O) groups excluding carboxylic acids is 2. The number of carbonyl (C=O) groups is 2. The number of alkyl halides is 3. The molecule has 0 spiro atoms. The van der Waals surface area contributed by atoms with E-state index in [1.54, 1.807) is 45.3 Å². The summed E-state index contributed by atoms with van der Waals surface area (Å²) in [7, 11) is 3.24. The summed E-state index contributed by atoms with van der Waals surface area (Å²) in [5, 5.41) is 2.28. The van der Waals surface area contributed by atoms with Crippen molar-refractivity contribution in [3.8, 4) is 5.75 Å². The number of fused-ring (bicyclic) bond motifs is 1. The molecule has 0 aliphatic carbocycles. The Kier molecular flexibility index (Phi) is 5.41. The predicted molar refractivity (Wildman–Crippen MR) is 103 cm³/mol. The standard InChI is InChI=1S/C20H20F3N3O3/c1-12-19(28)26(16-6-4-5-7-17(16)29-12)11-18(27)24-15-9-8-13(25(2)3)10-14(15)20(21,22)23/h4-10,12H,11H2,1-3H3,(H,24,27). The van der Waals surface area contributed by atoms with E-state index in [0.717, 1.165) is 6.07 Å². The van der Waals surface area contributed by atoms with Gasteiger partial charge in [-0.1, -0.05) is 12.1 Å². The number of nitrogens with one attached hydrogen (secondary N) is 1. The van der Waals surface area contributed by atoms with Gasteiger partial charge in [-0.25, -0.2) is 0 Å². The Morgan fingerprint density at radius 2 is 1.90 bits per heavy atom. The first-order valence-corrected chi connectivity index (χ1v) is 8.83. The van der Waals surface area contributed by atoms with E-state index in [0.29, 0.717) is 17.1 Å². The molecule has 1 atom stereocenters. The molecule has 9 heteroatoms. The van der Waals surface area contributed by atoms with Gasteiger partial charge in [0.25, 0.3) is 5.91 Å². The molecular formula is C20H20F3N3O3. The highest BCUT2D eigenvalue weighted by Crippen LogP contribution is 2.37. The predicted octanol–water partition coefficient (Wildman–Crippen LogP) is 3.52. The third-order valence-corrected chi connectivity index (χ3v) is 4.47. The van der Waals surface area contributed by atoms with E-state index >= 15 is 0 Å². The molecule has 2 amide bonds. The molecule has 1 aliphatic rings. The first-order valence-electron chi connectivity index (χ1n) is 8.83. The smallest absolute Gasteiger partial charge is 0.418 e. The van der Waals surface area contributed by atoms with Crippen LogP contribution in [0.3, 0.4) is 0 Å². The monoisotopic (exact) mass is 407 g/mol. The molecule has 0 radical (unpaired) electrons. The Hall–Kier alpha value is -3.23. The number of anilines is 3. The summed E-state index contributed by atoms with van der Waals surface area (Å²) in [5.74, 6) is -0.762. The van der Waals surface area contributed by atoms with E-state index in [-0.39, 0.29) is 5.69 Å². The van der Waals surface area contributed by atoms with E-state index in [1.165, 1.54) is 21.9 Å². The third-order valence-electron chi connectivity index (χ3n) is 4.47. The van der Waals surface area contributed by atoms with Crippen molar-refractivity contribution >= 4 is 28.9 Å². The second-order valence-corrected chi connectivity index (χ2v) is 6.82. The highest BCUT2D eigenvalue weighted by atomic mass is 19.4. The van der Waals surface area contributed by atoms with E-state index in [4.69, 9.17) is 4.74 Å². The zero-order valence-electron chi connectivity index (χ0n) is 16.1. The van der Waals surface area contributed by atoms with Crippen molar-refractivity contribution in [2.75, 3.05) is 35.8 Å². The molecule has 1 heterocycles. The second kappa shape index (κ2) is 7.65.